The molecule has 0 amide bonds. The van der Waals surface area contributed by atoms with Crippen LogP contribution in [0.2, 0.25) is 0 Å². The summed E-state index contributed by atoms with van der Waals surface area (Å²) in [5, 5.41) is 29.8. The van der Waals surface area contributed by atoms with Gasteiger partial charge in [-0.15, -0.1) is 0 Å². The highest BCUT2D eigenvalue weighted by atomic mass is 79.9. The second-order valence-electron chi connectivity index (χ2n) is 10.3. The smallest absolute Gasteiger partial charge is 0.137 e. The molecule has 2 aliphatic carbocycles. The third-order valence-electron chi connectivity index (χ3n) is 7.51. The Bertz CT molecular complexity index is 1430. The van der Waals surface area contributed by atoms with Gasteiger partial charge in [0.05, 0.1) is 17.5 Å². The summed E-state index contributed by atoms with van der Waals surface area (Å²) in [6.07, 6.45) is 17.5. The second-order valence-corrected chi connectivity index (χ2v) is 11.2. The van der Waals surface area contributed by atoms with Crippen LogP contribution in [0.25, 0.3) is 0 Å². The molecule has 1 aliphatic heterocycles. The highest BCUT2D eigenvalue weighted by Crippen LogP contribution is 2.40. The van der Waals surface area contributed by atoms with Gasteiger partial charge in [0.2, 0.25) is 0 Å². The number of aromatic hydroxyl groups is 2. The minimum atomic E-state index is -0.570. The largest absolute Gasteiger partial charge is 0.508 e. The fraction of sp³-hybridized carbons (Fsp3) is 0.273. The topological polar surface area (TPSA) is 90.1 Å². The van der Waals surface area contributed by atoms with Gasteiger partial charge in [-0.25, -0.2) is 0 Å². The summed E-state index contributed by atoms with van der Waals surface area (Å²) in [7, 11) is 0. The Balaban J connectivity index is 1.15. The molecule has 0 radical (unpaired) electrons. The van der Waals surface area contributed by atoms with Crippen LogP contribution in [0.4, 0.5) is 0 Å². The van der Waals surface area contributed by atoms with Gasteiger partial charge < -0.3 is 15.3 Å². The van der Waals surface area contributed by atoms with E-state index >= 15 is 0 Å². The Labute approximate surface area is 237 Å². The Morgan fingerprint density at radius 1 is 0.923 bits per heavy atom. The van der Waals surface area contributed by atoms with Crippen LogP contribution in [-0.4, -0.2) is 32.9 Å². The molecule has 0 fully saturated rings. The van der Waals surface area contributed by atoms with Gasteiger partial charge in [-0.1, -0.05) is 66.3 Å². The summed E-state index contributed by atoms with van der Waals surface area (Å²) < 4.78 is 1.00. The van der Waals surface area contributed by atoms with Crippen LogP contribution in [0.1, 0.15) is 36.0 Å². The zero-order chi connectivity index (χ0) is 27.4. The number of ketones is 1. The van der Waals surface area contributed by atoms with E-state index in [1.165, 1.54) is 28.8 Å². The number of carbonyl (C=O) groups is 1. The third-order valence-corrected chi connectivity index (χ3v) is 8.18. The zero-order valence-corrected chi connectivity index (χ0v) is 23.2. The third kappa shape index (κ3) is 6.57. The number of rotatable bonds is 10. The number of hydrogen-bond acceptors (Lipinski definition) is 5. The molecule has 2 aromatic carbocycles. The molecule has 6 heteroatoms. The number of phenols is 2. The van der Waals surface area contributed by atoms with Crippen LogP contribution < -0.4 is 0 Å². The molecule has 3 aliphatic rings. The van der Waals surface area contributed by atoms with Crippen molar-refractivity contribution in [3.05, 3.63) is 117 Å². The van der Waals surface area contributed by atoms with E-state index in [9.17, 15) is 20.1 Å². The first kappa shape index (κ1) is 27.1. The lowest BCUT2D eigenvalue weighted by Crippen LogP contribution is -2.28. The molecule has 5 nitrogen and oxygen atoms in total. The zero-order valence-electron chi connectivity index (χ0n) is 21.6. The van der Waals surface area contributed by atoms with Gasteiger partial charge >= 0.3 is 0 Å². The fourth-order valence-electron chi connectivity index (χ4n) is 5.30. The number of benzene rings is 2. The number of aliphatic hydroxyl groups is 1. The average molecular weight is 587 g/mol. The molecule has 0 saturated heterocycles. The van der Waals surface area contributed by atoms with Crippen molar-refractivity contribution in [2.24, 2.45) is 16.8 Å². The predicted molar refractivity (Wildman–Crippen MR) is 158 cm³/mol. The molecular weight excluding hydrogens is 554 g/mol. The Morgan fingerprint density at radius 2 is 1.67 bits per heavy atom. The summed E-state index contributed by atoms with van der Waals surface area (Å²) in [6, 6.07) is 12.9. The monoisotopic (exact) mass is 585 g/mol. The number of Topliss-reactive ketones (excluding diaryl/α,β-unsaturated/α-hetero) is 1. The van der Waals surface area contributed by atoms with E-state index in [1.807, 2.05) is 18.2 Å². The maximum Gasteiger partial charge on any atom is 0.137 e. The predicted octanol–water partition coefficient (Wildman–Crippen LogP) is 6.44. The van der Waals surface area contributed by atoms with Crippen molar-refractivity contribution >= 4 is 27.4 Å². The van der Waals surface area contributed by atoms with Crippen molar-refractivity contribution < 1.29 is 20.1 Å². The molecule has 3 unspecified atom stereocenters. The number of dihydropyridines is 1. The molecule has 2 aromatic rings. The minimum Gasteiger partial charge on any atom is -0.508 e. The summed E-state index contributed by atoms with van der Waals surface area (Å²) in [5.74, 6) is 0.0435. The fourth-order valence-corrected chi connectivity index (χ4v) is 5.79. The normalized spacial score (nSPS) is 21.6. The maximum atomic E-state index is 12.4. The number of phenolic OH excluding ortho intramolecular Hbond substituents is 2. The van der Waals surface area contributed by atoms with Crippen molar-refractivity contribution in [3.8, 4) is 11.5 Å². The first-order valence-corrected chi connectivity index (χ1v) is 14.2. The Kier molecular flexibility index (Phi) is 8.44. The number of halogens is 1. The van der Waals surface area contributed by atoms with Gasteiger partial charge in [0, 0.05) is 40.8 Å². The van der Waals surface area contributed by atoms with Gasteiger partial charge in [-0.05, 0) is 71.0 Å². The molecule has 0 spiro atoms. The van der Waals surface area contributed by atoms with E-state index < -0.39 is 6.10 Å². The van der Waals surface area contributed by atoms with Crippen LogP contribution in [0.5, 0.6) is 11.5 Å². The number of hydrogen-bond donors (Lipinski definition) is 3. The van der Waals surface area contributed by atoms with Crippen LogP contribution in [-0.2, 0) is 24.1 Å². The van der Waals surface area contributed by atoms with E-state index in [0.29, 0.717) is 12.0 Å². The van der Waals surface area contributed by atoms with E-state index in [2.05, 4.69) is 58.4 Å². The van der Waals surface area contributed by atoms with Gasteiger partial charge in [-0.2, -0.15) is 0 Å². The van der Waals surface area contributed by atoms with Crippen molar-refractivity contribution in [1.82, 2.24) is 0 Å². The number of allylic oxidation sites excluding steroid dienone is 6. The Morgan fingerprint density at radius 3 is 2.41 bits per heavy atom. The number of fused-ring (bicyclic) bond motifs is 1. The molecule has 5 rings (SSSR count). The first-order chi connectivity index (χ1) is 18.9. The van der Waals surface area contributed by atoms with Crippen molar-refractivity contribution in [3.63, 3.8) is 0 Å². The van der Waals surface area contributed by atoms with Crippen LogP contribution in [0.3, 0.4) is 0 Å². The lowest BCUT2D eigenvalue weighted by Gasteiger charge is -2.27. The number of nitrogens with zero attached hydrogens (tertiary/aromatic N) is 1. The quantitative estimate of drug-likeness (QED) is 0.299. The van der Waals surface area contributed by atoms with Crippen LogP contribution in [0.15, 0.2) is 106 Å². The number of aryl methyl sites for hydroxylation is 2. The molecule has 3 atom stereocenters. The highest BCUT2D eigenvalue weighted by Gasteiger charge is 2.30. The van der Waals surface area contributed by atoms with E-state index in [-0.39, 0.29) is 35.5 Å². The summed E-state index contributed by atoms with van der Waals surface area (Å²) in [6.45, 7) is 0. The molecule has 0 saturated carbocycles. The van der Waals surface area contributed by atoms with E-state index in [0.717, 1.165) is 41.6 Å². The lowest BCUT2D eigenvalue weighted by atomic mass is 9.84. The molecule has 0 bridgehead atoms. The lowest BCUT2D eigenvalue weighted by molar-refractivity contribution is -0.118. The average Bonchev–Trinajstić information content (AvgIpc) is 3.30. The molecule has 1 heterocycles. The molecular formula is C33H32BrNO4. The van der Waals surface area contributed by atoms with Crippen molar-refractivity contribution in [2.45, 2.75) is 44.6 Å². The number of carbonyl (C=O) groups excluding carboxylic acids is 1. The Hall–Kier alpha value is -3.48. The second kappa shape index (κ2) is 12.1. The molecule has 0 aromatic heterocycles. The molecule has 200 valence electrons. The van der Waals surface area contributed by atoms with Crippen LogP contribution in [0, 0.1) is 11.8 Å². The highest BCUT2D eigenvalue weighted by molar-refractivity contribution is 9.11. The first-order valence-electron chi connectivity index (χ1n) is 13.4. The van der Waals surface area contributed by atoms with E-state index in [4.69, 9.17) is 4.99 Å². The van der Waals surface area contributed by atoms with Crippen molar-refractivity contribution in [1.29, 1.82) is 0 Å². The van der Waals surface area contributed by atoms with Crippen LogP contribution >= 0.6 is 15.9 Å². The van der Waals surface area contributed by atoms with Gasteiger partial charge in [0.1, 0.15) is 17.3 Å². The van der Waals surface area contributed by atoms with Gasteiger partial charge in [0.25, 0.3) is 0 Å². The minimum absolute atomic E-state index is 0.0133. The standard InChI is InChI=1S/C33H32BrNO4/c34-29-17-16-27-23(19-30(35-33(27)29)28-6-1-2-7-31(28)38)13-12-22-10-8-21(9-11-22)4-3-5-25(36)18-24-14-15-26(37)20-32(24)39/h1-2,6-11,14-17,19-20,27-28,31,37-39H,3-5,12-13,18H2. The maximum absolute atomic E-state index is 12.4. The summed E-state index contributed by atoms with van der Waals surface area (Å²) in [4.78, 5) is 17.3. The molecule has 39 heavy (non-hydrogen) atoms. The number of aliphatic hydroxyl groups excluding tert-OH is 1. The SMILES string of the molecule is O=C(CCCc1ccc(CCC2=CC(C3C=CC=CC3O)=NC3=C(Br)C=CC23)cc1)Cc1ccc(O)cc1O. The van der Waals surface area contributed by atoms with Crippen molar-refractivity contribution in [2.75, 3.05) is 0 Å². The molecule has 3 N–H and O–H groups in total. The summed E-state index contributed by atoms with van der Waals surface area (Å²) >= 11 is 3.65. The number of aliphatic imine (C=N–C) groups is 1. The van der Waals surface area contributed by atoms with Gasteiger partial charge in [-0.3, -0.25) is 9.79 Å². The van der Waals surface area contributed by atoms with Gasteiger partial charge in [0.15, 0.2) is 0 Å². The van der Waals surface area contributed by atoms with E-state index in [1.54, 1.807) is 12.1 Å². The summed E-state index contributed by atoms with van der Waals surface area (Å²) in [5.41, 5.74) is 6.22.